The highest BCUT2D eigenvalue weighted by Crippen LogP contribution is 2.34. The van der Waals surface area contributed by atoms with Gasteiger partial charge >= 0.3 is 5.97 Å². The number of hydrogen-bond donors (Lipinski definition) is 3. The monoisotopic (exact) mass is 438 g/mol. The average molecular weight is 439 g/mol. The first kappa shape index (κ1) is 22.2. The number of aryl methyl sites for hydroxylation is 2. The van der Waals surface area contributed by atoms with Crippen LogP contribution in [0.25, 0.3) is 0 Å². The van der Waals surface area contributed by atoms with E-state index in [4.69, 9.17) is 9.72 Å². The molecule has 0 bridgehead atoms. The van der Waals surface area contributed by atoms with E-state index in [9.17, 15) is 14.7 Å². The van der Waals surface area contributed by atoms with Crippen molar-refractivity contribution < 1.29 is 19.4 Å². The van der Waals surface area contributed by atoms with E-state index in [1.807, 2.05) is 0 Å². The third-order valence-electron chi connectivity index (χ3n) is 6.24. The van der Waals surface area contributed by atoms with Crippen molar-refractivity contribution >= 4 is 17.7 Å². The molecule has 1 saturated carbocycles. The van der Waals surface area contributed by atoms with Crippen LogP contribution in [0, 0.1) is 5.92 Å². The molecule has 1 aliphatic carbocycles. The lowest BCUT2D eigenvalue weighted by Gasteiger charge is -2.35. The zero-order chi connectivity index (χ0) is 22.3. The molecule has 0 aromatic carbocycles. The van der Waals surface area contributed by atoms with E-state index < -0.39 is 17.9 Å². The van der Waals surface area contributed by atoms with E-state index in [0.717, 1.165) is 50.2 Å². The maximum absolute atomic E-state index is 12.2. The van der Waals surface area contributed by atoms with E-state index in [0.29, 0.717) is 18.1 Å². The molecule has 0 radical (unpaired) electrons. The number of rotatable bonds is 10. The van der Waals surface area contributed by atoms with Crippen LogP contribution >= 0.6 is 0 Å². The molecular formula is C24H30N4O4. The Hall–Kier alpha value is -3.00. The summed E-state index contributed by atoms with van der Waals surface area (Å²) in [6.45, 7) is 1.31. The number of amides is 1. The fraction of sp³-hybridized carbons (Fsp3) is 0.500. The topological polar surface area (TPSA) is 113 Å². The summed E-state index contributed by atoms with van der Waals surface area (Å²) in [7, 11) is 0. The molecule has 4 rings (SSSR count). The van der Waals surface area contributed by atoms with Gasteiger partial charge in [0.1, 0.15) is 11.9 Å². The summed E-state index contributed by atoms with van der Waals surface area (Å²) in [6.07, 6.45) is 9.68. The molecular weight excluding hydrogens is 408 g/mol. The van der Waals surface area contributed by atoms with Gasteiger partial charge in [0.15, 0.2) is 0 Å². The third-order valence-corrected chi connectivity index (χ3v) is 6.24. The first-order valence-corrected chi connectivity index (χ1v) is 11.4. The van der Waals surface area contributed by atoms with Gasteiger partial charge in [-0.25, -0.2) is 9.78 Å². The van der Waals surface area contributed by atoms with Gasteiger partial charge in [-0.15, -0.1) is 0 Å². The number of pyridine rings is 2. The molecule has 0 unspecified atom stereocenters. The van der Waals surface area contributed by atoms with Gasteiger partial charge in [-0.1, -0.05) is 6.07 Å². The lowest BCUT2D eigenvalue weighted by Crippen LogP contribution is -2.42. The van der Waals surface area contributed by atoms with Crippen LogP contribution < -0.4 is 10.6 Å². The molecule has 2 aromatic rings. The molecule has 32 heavy (non-hydrogen) atoms. The number of carbonyl (C=O) groups excluding carboxylic acids is 1. The quantitative estimate of drug-likeness (QED) is 0.523. The first-order chi connectivity index (χ1) is 15.6. The van der Waals surface area contributed by atoms with E-state index in [1.54, 1.807) is 18.3 Å². The van der Waals surface area contributed by atoms with E-state index in [-0.39, 0.29) is 12.5 Å². The maximum Gasteiger partial charge on any atom is 0.326 e. The Morgan fingerprint density at radius 1 is 1.28 bits per heavy atom. The molecule has 0 spiro atoms. The van der Waals surface area contributed by atoms with Gasteiger partial charge in [-0.05, 0) is 68.2 Å². The summed E-state index contributed by atoms with van der Waals surface area (Å²) in [6, 6.07) is 6.59. The van der Waals surface area contributed by atoms with Gasteiger partial charge < -0.3 is 20.5 Å². The Labute approximate surface area is 187 Å². The van der Waals surface area contributed by atoms with Crippen LogP contribution in [0.2, 0.25) is 0 Å². The molecule has 2 aromatic heterocycles. The summed E-state index contributed by atoms with van der Waals surface area (Å²) in [5.41, 5.74) is 2.79. The predicted octanol–water partition coefficient (Wildman–Crippen LogP) is 2.84. The van der Waals surface area contributed by atoms with Crippen molar-refractivity contribution in [1.82, 2.24) is 15.3 Å². The van der Waals surface area contributed by atoms with Crippen LogP contribution in [0.4, 0.5) is 5.82 Å². The van der Waals surface area contributed by atoms with Crippen LogP contribution in [0.5, 0.6) is 0 Å². The summed E-state index contributed by atoms with van der Waals surface area (Å²) >= 11 is 0. The van der Waals surface area contributed by atoms with E-state index >= 15 is 0 Å². The molecule has 1 fully saturated rings. The number of nitrogens with one attached hydrogen (secondary N) is 2. The molecule has 170 valence electrons. The number of carbonyl (C=O) groups is 2. The highest BCUT2D eigenvalue weighted by atomic mass is 16.5. The van der Waals surface area contributed by atoms with Crippen LogP contribution in [-0.4, -0.2) is 52.2 Å². The Kier molecular flexibility index (Phi) is 7.32. The highest BCUT2D eigenvalue weighted by molar-refractivity contribution is 5.96. The smallest absolute Gasteiger partial charge is 0.326 e. The first-order valence-electron chi connectivity index (χ1n) is 11.4. The number of ether oxygens (including phenoxy) is 1. The number of aliphatic carboxylic acids is 1. The number of carboxylic acid groups (broad SMARTS) is 1. The van der Waals surface area contributed by atoms with Crippen molar-refractivity contribution in [2.75, 3.05) is 18.5 Å². The predicted molar refractivity (Wildman–Crippen MR) is 120 cm³/mol. The van der Waals surface area contributed by atoms with Crippen molar-refractivity contribution in [1.29, 1.82) is 0 Å². The Bertz CT molecular complexity index is 931. The molecule has 1 amide bonds. The minimum absolute atomic E-state index is 0.168. The standard InChI is InChI=1S/C24H30N4O4/c29-23(18-4-1-10-25-15-18)28-21(24(30)31)9-12-32-20-13-16(14-20)5-7-19-8-6-17-3-2-11-26-22(17)27-19/h1,4,6,8,10,15-16,20-21H,2-3,5,7,9,11-14H2,(H,26,27)(H,28,29)(H,30,31)/t16-,20+,21-/m1/s1. The van der Waals surface area contributed by atoms with Crippen molar-refractivity contribution in [3.05, 3.63) is 53.5 Å². The molecule has 8 nitrogen and oxygen atoms in total. The molecule has 3 heterocycles. The van der Waals surface area contributed by atoms with E-state index in [1.165, 1.54) is 18.2 Å². The number of nitrogens with zero attached hydrogens (tertiary/aromatic N) is 2. The van der Waals surface area contributed by atoms with Gasteiger partial charge in [0.2, 0.25) is 0 Å². The fourth-order valence-corrected chi connectivity index (χ4v) is 4.25. The van der Waals surface area contributed by atoms with Gasteiger partial charge in [0.05, 0.1) is 11.7 Å². The molecule has 8 heteroatoms. The molecule has 3 N–H and O–H groups in total. The Morgan fingerprint density at radius 3 is 2.94 bits per heavy atom. The molecule has 1 aliphatic heterocycles. The van der Waals surface area contributed by atoms with Gasteiger partial charge in [-0.2, -0.15) is 0 Å². The molecule has 2 aliphatic rings. The van der Waals surface area contributed by atoms with Gasteiger partial charge in [0, 0.05) is 37.7 Å². The van der Waals surface area contributed by atoms with Crippen molar-refractivity contribution in [2.24, 2.45) is 5.92 Å². The Balaban J connectivity index is 1.14. The van der Waals surface area contributed by atoms with Crippen LogP contribution in [0.15, 0.2) is 36.7 Å². The second-order valence-corrected chi connectivity index (χ2v) is 8.60. The van der Waals surface area contributed by atoms with Gasteiger partial charge in [-0.3, -0.25) is 9.78 Å². The Morgan fingerprint density at radius 2 is 2.16 bits per heavy atom. The fourth-order valence-electron chi connectivity index (χ4n) is 4.25. The molecule has 0 saturated heterocycles. The van der Waals surface area contributed by atoms with Crippen LogP contribution in [-0.2, 0) is 22.4 Å². The molecule has 1 atom stereocenters. The minimum atomic E-state index is -1.07. The summed E-state index contributed by atoms with van der Waals surface area (Å²) < 4.78 is 5.85. The zero-order valence-electron chi connectivity index (χ0n) is 18.1. The third kappa shape index (κ3) is 5.82. The normalized spacial score (nSPS) is 20.4. The van der Waals surface area contributed by atoms with Crippen molar-refractivity contribution in [3.8, 4) is 0 Å². The number of carboxylic acids is 1. The number of fused-ring (bicyclic) bond motifs is 1. The van der Waals surface area contributed by atoms with Gasteiger partial charge in [0.25, 0.3) is 5.91 Å². The summed E-state index contributed by atoms with van der Waals surface area (Å²) in [4.78, 5) is 32.3. The number of hydrogen-bond acceptors (Lipinski definition) is 6. The van der Waals surface area contributed by atoms with Crippen molar-refractivity contribution in [3.63, 3.8) is 0 Å². The second kappa shape index (κ2) is 10.5. The van der Waals surface area contributed by atoms with Crippen LogP contribution in [0.3, 0.4) is 0 Å². The summed E-state index contributed by atoms with van der Waals surface area (Å²) in [5.74, 6) is 0.156. The summed E-state index contributed by atoms with van der Waals surface area (Å²) in [5, 5.41) is 15.3. The van der Waals surface area contributed by atoms with E-state index in [2.05, 4.69) is 27.8 Å². The number of anilines is 1. The van der Waals surface area contributed by atoms with Crippen molar-refractivity contribution in [2.45, 2.75) is 57.1 Å². The highest BCUT2D eigenvalue weighted by Gasteiger charge is 2.30. The minimum Gasteiger partial charge on any atom is -0.480 e. The average Bonchev–Trinajstić information content (AvgIpc) is 2.79. The maximum atomic E-state index is 12.2. The lowest BCUT2D eigenvalue weighted by atomic mass is 9.79. The zero-order valence-corrected chi connectivity index (χ0v) is 18.1. The SMILES string of the molecule is O=C(N[C@H](CCO[C@H]1C[C@@H](CCc2ccc3c(n2)NCCC3)C1)C(=O)O)c1cccnc1. The second-order valence-electron chi connectivity index (χ2n) is 8.60. The largest absolute Gasteiger partial charge is 0.480 e. The van der Waals surface area contributed by atoms with Crippen LogP contribution in [0.1, 0.15) is 53.7 Å². The lowest BCUT2D eigenvalue weighted by molar-refractivity contribution is -0.140. The number of aromatic nitrogens is 2.